The lowest BCUT2D eigenvalue weighted by atomic mass is 9.80. The summed E-state index contributed by atoms with van der Waals surface area (Å²) < 4.78 is 36.3. The van der Waals surface area contributed by atoms with Crippen molar-refractivity contribution in [1.82, 2.24) is 5.32 Å². The number of hydrogen-bond acceptors (Lipinski definition) is 7. The molecule has 0 radical (unpaired) electrons. The molecule has 0 aromatic carbocycles. The zero-order valence-electron chi connectivity index (χ0n) is 26.5. The minimum Gasteiger partial charge on any atom is -0.449 e. The van der Waals surface area contributed by atoms with Crippen LogP contribution in [0.1, 0.15) is 122 Å². The molecule has 1 aromatic heterocycles. The Morgan fingerprint density at radius 2 is 1.44 bits per heavy atom. The summed E-state index contributed by atoms with van der Waals surface area (Å²) in [6.07, 6.45) is 24.4. The normalized spacial score (nSPS) is 22.6. The predicted molar refractivity (Wildman–Crippen MR) is 170 cm³/mol. The summed E-state index contributed by atoms with van der Waals surface area (Å²) in [6, 6.07) is 0. The van der Waals surface area contributed by atoms with Crippen molar-refractivity contribution in [3.05, 3.63) is 17.1 Å². The van der Waals surface area contributed by atoms with Crippen molar-refractivity contribution in [1.29, 1.82) is 0 Å². The fourth-order valence-corrected chi connectivity index (χ4v) is 7.66. The number of nitrogens with zero attached hydrogens (tertiary/aromatic N) is 1. The largest absolute Gasteiger partial charge is 0.472 e. The smallest absolute Gasteiger partial charge is 0.449 e. The molecule has 5 atom stereocenters. The van der Waals surface area contributed by atoms with E-state index in [2.05, 4.69) is 12.2 Å². The van der Waals surface area contributed by atoms with Gasteiger partial charge in [0.05, 0.1) is 30.8 Å². The van der Waals surface area contributed by atoms with Gasteiger partial charge in [-0.3, -0.25) is 9.05 Å². The Morgan fingerprint density at radius 3 is 2.00 bits per heavy atom. The Hall–Kier alpha value is -1.03. The third kappa shape index (κ3) is 15.2. The number of hydrogen-bond donors (Lipinski definition) is 2. The van der Waals surface area contributed by atoms with Gasteiger partial charge >= 0.3 is 13.9 Å². The number of unbranched alkanes of at least 4 members (excludes halogenated alkanes) is 15. The molecular formula is C32H58N2O7PS+. The molecule has 1 unspecified atom stereocenters. The number of amides is 1. The molecule has 0 aliphatic carbocycles. The molecule has 2 fully saturated rings. The van der Waals surface area contributed by atoms with Crippen molar-refractivity contribution in [3.8, 4) is 0 Å². The van der Waals surface area contributed by atoms with Gasteiger partial charge in [-0.1, -0.05) is 115 Å². The lowest BCUT2D eigenvalue weighted by molar-refractivity contribution is -0.693. The van der Waals surface area contributed by atoms with E-state index >= 15 is 0 Å². The molecule has 1 amide bonds. The number of rotatable bonds is 26. The molecule has 1 aromatic rings. The average Bonchev–Trinajstić information content (AvgIpc) is 3.75. The molecule has 2 bridgehead atoms. The highest BCUT2D eigenvalue weighted by atomic mass is 32.1. The Labute approximate surface area is 264 Å². The van der Waals surface area contributed by atoms with E-state index in [9.17, 15) is 14.3 Å². The molecule has 2 saturated heterocycles. The lowest BCUT2D eigenvalue weighted by Gasteiger charge is -2.27. The Kier molecular flexibility index (Phi) is 18.4. The molecular weight excluding hydrogens is 587 g/mol. The van der Waals surface area contributed by atoms with E-state index in [1.807, 2.05) is 21.7 Å². The number of phosphoric ester groups is 1. The highest BCUT2D eigenvalue weighted by Gasteiger charge is 2.50. The van der Waals surface area contributed by atoms with Crippen LogP contribution in [0.5, 0.6) is 0 Å². The molecule has 3 rings (SSSR count). The van der Waals surface area contributed by atoms with Crippen LogP contribution >= 0.6 is 19.2 Å². The van der Waals surface area contributed by atoms with Gasteiger partial charge in [-0.15, -0.1) is 0 Å². The van der Waals surface area contributed by atoms with E-state index in [0.29, 0.717) is 13.1 Å². The van der Waals surface area contributed by atoms with Crippen molar-refractivity contribution in [3.63, 3.8) is 0 Å². The topological polar surface area (TPSA) is 107 Å². The van der Waals surface area contributed by atoms with E-state index in [1.54, 1.807) is 11.3 Å². The number of aromatic nitrogens is 1. The van der Waals surface area contributed by atoms with E-state index in [0.717, 1.165) is 25.7 Å². The first-order valence-corrected chi connectivity index (χ1v) is 19.5. The maximum absolute atomic E-state index is 12.4. The average molecular weight is 646 g/mol. The van der Waals surface area contributed by atoms with Gasteiger partial charge in [0.2, 0.25) is 5.51 Å². The van der Waals surface area contributed by atoms with Crippen LogP contribution in [0.3, 0.4) is 0 Å². The second-order valence-corrected chi connectivity index (χ2v) is 14.5. The van der Waals surface area contributed by atoms with Gasteiger partial charge in [0.1, 0.15) is 6.61 Å². The number of carbonyl (C=O) groups is 1. The first-order chi connectivity index (χ1) is 21.0. The highest BCUT2D eigenvalue weighted by molar-refractivity contribution is 7.47. The van der Waals surface area contributed by atoms with Crippen LogP contribution < -0.4 is 9.88 Å². The van der Waals surface area contributed by atoms with Crippen LogP contribution in [0.25, 0.3) is 0 Å². The van der Waals surface area contributed by atoms with Gasteiger partial charge < -0.3 is 19.7 Å². The molecule has 248 valence electrons. The van der Waals surface area contributed by atoms with Crippen LogP contribution in [0.4, 0.5) is 4.79 Å². The Morgan fingerprint density at radius 1 is 0.884 bits per heavy atom. The zero-order valence-corrected chi connectivity index (χ0v) is 28.2. The van der Waals surface area contributed by atoms with E-state index in [1.165, 1.54) is 89.9 Å². The Balaban J connectivity index is 1.15. The number of phosphoric acid groups is 1. The van der Waals surface area contributed by atoms with E-state index in [4.69, 9.17) is 18.5 Å². The predicted octanol–water partition coefficient (Wildman–Crippen LogP) is 7.95. The highest BCUT2D eigenvalue weighted by Crippen LogP contribution is 2.48. The number of nitrogens with one attached hydrogen (secondary N) is 1. The first kappa shape index (κ1) is 36.4. The minimum absolute atomic E-state index is 0.0132. The Bertz CT molecular complexity index is 906. The SMILES string of the molecule is CCCCCCCCCCCCCCCCCCNC(=O)OC[C@@H]1[C@@H](COP(=O)(O)OCC[n+]2ccsc2)[C@@H]2CC[C@H]1O2. The van der Waals surface area contributed by atoms with Gasteiger partial charge in [0, 0.05) is 18.4 Å². The maximum Gasteiger partial charge on any atom is 0.472 e. The molecule has 9 nitrogen and oxygen atoms in total. The van der Waals surface area contributed by atoms with Gasteiger partial charge in [0.25, 0.3) is 0 Å². The second-order valence-electron chi connectivity index (χ2n) is 12.3. The van der Waals surface area contributed by atoms with Crippen molar-refractivity contribution < 1.29 is 37.3 Å². The van der Waals surface area contributed by atoms with Crippen molar-refractivity contribution >= 4 is 25.3 Å². The van der Waals surface area contributed by atoms with Crippen molar-refractivity contribution in [2.45, 2.75) is 141 Å². The van der Waals surface area contributed by atoms with Gasteiger partial charge in [-0.2, -0.15) is 4.57 Å². The van der Waals surface area contributed by atoms with Gasteiger partial charge in [-0.05, 0) is 19.3 Å². The quantitative estimate of drug-likeness (QED) is 0.0598. The number of carbonyl (C=O) groups excluding carboxylic acids is 1. The lowest BCUT2D eigenvalue weighted by Crippen LogP contribution is -2.36. The van der Waals surface area contributed by atoms with E-state index < -0.39 is 13.9 Å². The van der Waals surface area contributed by atoms with Crippen LogP contribution in [-0.2, 0) is 29.6 Å². The summed E-state index contributed by atoms with van der Waals surface area (Å²) in [7, 11) is -4.18. The number of fused-ring (bicyclic) bond motifs is 2. The van der Waals surface area contributed by atoms with E-state index in [-0.39, 0.29) is 43.9 Å². The van der Waals surface area contributed by atoms with Crippen LogP contribution in [0, 0.1) is 11.8 Å². The van der Waals surface area contributed by atoms with Crippen LogP contribution in [0.2, 0.25) is 0 Å². The molecule has 3 heterocycles. The van der Waals surface area contributed by atoms with Gasteiger partial charge in [-0.25, -0.2) is 9.36 Å². The maximum atomic E-state index is 12.4. The minimum atomic E-state index is -4.18. The zero-order chi connectivity index (χ0) is 30.6. The summed E-state index contributed by atoms with van der Waals surface area (Å²) in [5, 5.41) is 4.79. The monoisotopic (exact) mass is 645 g/mol. The molecule has 11 heteroatoms. The van der Waals surface area contributed by atoms with Crippen LogP contribution in [-0.4, -0.2) is 49.6 Å². The van der Waals surface area contributed by atoms with Crippen LogP contribution in [0.15, 0.2) is 17.1 Å². The molecule has 43 heavy (non-hydrogen) atoms. The third-order valence-electron chi connectivity index (χ3n) is 8.86. The summed E-state index contributed by atoms with van der Waals surface area (Å²) in [4.78, 5) is 22.4. The number of alkyl carbamates (subject to hydrolysis) is 1. The number of thiazole rings is 1. The number of ether oxygens (including phenoxy) is 2. The third-order valence-corrected chi connectivity index (χ3v) is 10.5. The fourth-order valence-electron chi connectivity index (χ4n) is 6.29. The fraction of sp³-hybridized carbons (Fsp3) is 0.875. The standard InChI is InChI=1S/C32H57N2O7PS/c1-2-3-4-5-6-7-8-9-10-11-12-13-14-15-16-17-20-33-32(35)38-25-28-29(31-19-18-30(28)41-31)26-40-42(36,37)39-23-21-34-22-24-43-27-34/h22,24,27-31H,2-21,23,25-26H2,1H3,(H-,33,35,36,37)/p+1/t28-,29-,30-,31+/m1/s1. The van der Waals surface area contributed by atoms with Crippen molar-refractivity contribution in [2.75, 3.05) is 26.4 Å². The van der Waals surface area contributed by atoms with Gasteiger partial charge in [0.15, 0.2) is 12.7 Å². The molecule has 0 spiro atoms. The second kappa shape index (κ2) is 21.7. The van der Waals surface area contributed by atoms with Crippen molar-refractivity contribution in [2.24, 2.45) is 11.8 Å². The summed E-state index contributed by atoms with van der Waals surface area (Å²) in [6.45, 7) is 3.69. The molecule has 0 saturated carbocycles. The first-order valence-electron chi connectivity index (χ1n) is 17.1. The summed E-state index contributed by atoms with van der Waals surface area (Å²) in [5.74, 6) is -0.163. The summed E-state index contributed by atoms with van der Waals surface area (Å²) in [5.41, 5.74) is 1.90. The molecule has 2 aliphatic heterocycles. The molecule has 2 N–H and O–H groups in total. The summed E-state index contributed by atoms with van der Waals surface area (Å²) >= 11 is 1.54. The molecule has 2 aliphatic rings.